The first kappa shape index (κ1) is 17.7. The van der Waals surface area contributed by atoms with Crippen LogP contribution in [0.2, 0.25) is 0 Å². The lowest BCUT2D eigenvalue weighted by molar-refractivity contribution is 0.122. The summed E-state index contributed by atoms with van der Waals surface area (Å²) < 4.78 is 5.67. The molecule has 6 rings (SSSR count). The zero-order valence-corrected chi connectivity index (χ0v) is 16.2. The molecule has 0 saturated carbocycles. The van der Waals surface area contributed by atoms with Crippen LogP contribution in [0.5, 0.6) is 0 Å². The Hall–Kier alpha value is -2.43. The van der Waals surface area contributed by atoms with Gasteiger partial charge in [0.05, 0.1) is 6.54 Å². The number of nitrogens with zero attached hydrogens (tertiary/aromatic N) is 3. The van der Waals surface area contributed by atoms with Crippen LogP contribution in [-0.4, -0.2) is 40.6 Å². The van der Waals surface area contributed by atoms with E-state index in [1.807, 2.05) is 18.2 Å². The van der Waals surface area contributed by atoms with Gasteiger partial charge in [0.2, 0.25) is 0 Å². The van der Waals surface area contributed by atoms with Crippen molar-refractivity contribution in [2.24, 2.45) is 5.92 Å². The van der Waals surface area contributed by atoms with E-state index in [1.54, 1.807) is 0 Å². The van der Waals surface area contributed by atoms with E-state index in [9.17, 15) is 0 Å². The Bertz CT molecular complexity index is 892. The number of aromatic nitrogens is 1. The summed E-state index contributed by atoms with van der Waals surface area (Å²) in [6.07, 6.45) is 2.65. The first-order valence-electron chi connectivity index (χ1n) is 10.3. The third-order valence-electron chi connectivity index (χ3n) is 6.14. The van der Waals surface area contributed by atoms with Crippen LogP contribution >= 0.6 is 0 Å². The zero-order chi connectivity index (χ0) is 18.8. The molecule has 0 N–H and O–H groups in total. The van der Waals surface area contributed by atoms with E-state index in [4.69, 9.17) is 4.52 Å². The Morgan fingerprint density at radius 1 is 0.857 bits per heavy atom. The maximum atomic E-state index is 5.67. The highest BCUT2D eigenvalue weighted by molar-refractivity contribution is 5.58. The molecule has 4 heterocycles. The number of rotatable bonds is 5. The summed E-state index contributed by atoms with van der Waals surface area (Å²) >= 11 is 0. The second kappa shape index (κ2) is 7.90. The van der Waals surface area contributed by atoms with Gasteiger partial charge in [-0.2, -0.15) is 0 Å². The second-order valence-electron chi connectivity index (χ2n) is 8.25. The monoisotopic (exact) mass is 373 g/mol. The molecule has 2 unspecified atom stereocenters. The van der Waals surface area contributed by atoms with Gasteiger partial charge in [0.1, 0.15) is 5.69 Å². The standard InChI is InChI=1S/C24H27N3O/c1-3-7-19(8-4-1)15-27-16-20-11-12-22(27)17-26(14-20)18-23-13-24(25-28-23)21-9-5-2-6-10-21/h1-10,13,20,22H,11-12,14-18H2. The van der Waals surface area contributed by atoms with Crippen LogP contribution in [0, 0.1) is 5.92 Å². The molecule has 3 aliphatic rings. The molecule has 144 valence electrons. The van der Waals surface area contributed by atoms with Crippen molar-refractivity contribution in [3.8, 4) is 11.3 Å². The molecule has 3 saturated heterocycles. The number of piperidine rings is 1. The van der Waals surface area contributed by atoms with Crippen molar-refractivity contribution < 1.29 is 4.52 Å². The van der Waals surface area contributed by atoms with Gasteiger partial charge in [-0.05, 0) is 24.3 Å². The van der Waals surface area contributed by atoms with Gasteiger partial charge in [-0.3, -0.25) is 9.80 Å². The predicted octanol–water partition coefficient (Wildman–Crippen LogP) is 4.44. The Kier molecular flexibility index (Phi) is 4.98. The van der Waals surface area contributed by atoms with Gasteiger partial charge in [-0.15, -0.1) is 0 Å². The molecule has 2 atom stereocenters. The summed E-state index contributed by atoms with van der Waals surface area (Å²) in [4.78, 5) is 5.27. The third kappa shape index (κ3) is 3.89. The first-order valence-corrected chi connectivity index (χ1v) is 10.3. The lowest BCUT2D eigenvalue weighted by atomic mass is 9.94. The van der Waals surface area contributed by atoms with Crippen LogP contribution in [0.4, 0.5) is 0 Å². The van der Waals surface area contributed by atoms with Crippen LogP contribution in [0.1, 0.15) is 24.2 Å². The van der Waals surface area contributed by atoms with E-state index in [-0.39, 0.29) is 0 Å². The van der Waals surface area contributed by atoms with Crippen LogP contribution in [0.15, 0.2) is 71.3 Å². The summed E-state index contributed by atoms with van der Waals surface area (Å²) in [5.74, 6) is 1.72. The van der Waals surface area contributed by atoms with Gasteiger partial charge in [-0.25, -0.2) is 0 Å². The molecule has 4 heteroatoms. The van der Waals surface area contributed by atoms with Gasteiger partial charge in [0, 0.05) is 43.9 Å². The van der Waals surface area contributed by atoms with E-state index in [2.05, 4.69) is 63.5 Å². The van der Waals surface area contributed by atoms with Gasteiger partial charge < -0.3 is 4.52 Å². The van der Waals surface area contributed by atoms with Crippen molar-refractivity contribution in [2.75, 3.05) is 19.6 Å². The number of hydrogen-bond donors (Lipinski definition) is 0. The van der Waals surface area contributed by atoms with Crippen LogP contribution < -0.4 is 0 Å². The molecule has 28 heavy (non-hydrogen) atoms. The van der Waals surface area contributed by atoms with Crippen molar-refractivity contribution in [1.29, 1.82) is 0 Å². The molecule has 0 amide bonds. The fourth-order valence-corrected chi connectivity index (χ4v) is 4.77. The Balaban J connectivity index is 1.26. The molecule has 4 nitrogen and oxygen atoms in total. The molecule has 3 aromatic rings. The molecule has 2 aromatic carbocycles. The molecular weight excluding hydrogens is 346 g/mol. The van der Waals surface area contributed by atoms with Crippen molar-refractivity contribution in [2.45, 2.75) is 32.0 Å². The molecule has 0 spiro atoms. The van der Waals surface area contributed by atoms with E-state index < -0.39 is 0 Å². The highest BCUT2D eigenvalue weighted by Gasteiger charge is 2.34. The summed E-state index contributed by atoms with van der Waals surface area (Å²) in [6.45, 7) is 5.40. The maximum absolute atomic E-state index is 5.67. The van der Waals surface area contributed by atoms with Crippen molar-refractivity contribution in [1.82, 2.24) is 15.0 Å². The summed E-state index contributed by atoms with van der Waals surface area (Å²) in [5.41, 5.74) is 3.46. The lowest BCUT2D eigenvalue weighted by Gasteiger charge is -2.36. The average molecular weight is 374 g/mol. The van der Waals surface area contributed by atoms with Crippen LogP contribution in [0.25, 0.3) is 11.3 Å². The summed E-state index contributed by atoms with van der Waals surface area (Å²) in [5, 5.41) is 4.29. The molecule has 3 fully saturated rings. The van der Waals surface area contributed by atoms with Crippen LogP contribution in [-0.2, 0) is 13.1 Å². The fourth-order valence-electron chi connectivity index (χ4n) is 4.77. The molecule has 0 radical (unpaired) electrons. The fraction of sp³-hybridized carbons (Fsp3) is 0.375. The normalized spacial score (nSPS) is 23.0. The second-order valence-corrected chi connectivity index (χ2v) is 8.25. The molecule has 0 aliphatic carbocycles. The number of hydrogen-bond acceptors (Lipinski definition) is 4. The molecule has 3 aliphatic heterocycles. The lowest BCUT2D eigenvalue weighted by Crippen LogP contribution is -2.43. The SMILES string of the molecule is c1ccc(CN2CC3CCC2CN(Cc2cc(-c4ccccc4)no2)C3)cc1. The maximum Gasteiger partial charge on any atom is 0.151 e. The first-order chi connectivity index (χ1) is 13.8. The molecular formula is C24H27N3O. The minimum atomic E-state index is 0.635. The van der Waals surface area contributed by atoms with E-state index >= 15 is 0 Å². The average Bonchev–Trinajstić information content (AvgIpc) is 3.03. The Labute approximate surface area is 166 Å². The highest BCUT2D eigenvalue weighted by atomic mass is 16.5. The number of fused-ring (bicyclic) bond motifs is 4. The van der Waals surface area contributed by atoms with E-state index in [0.717, 1.165) is 49.1 Å². The van der Waals surface area contributed by atoms with Crippen molar-refractivity contribution in [3.05, 3.63) is 78.1 Å². The minimum absolute atomic E-state index is 0.635. The smallest absolute Gasteiger partial charge is 0.151 e. The Morgan fingerprint density at radius 3 is 2.46 bits per heavy atom. The van der Waals surface area contributed by atoms with Gasteiger partial charge in [-0.1, -0.05) is 65.8 Å². The quantitative estimate of drug-likeness (QED) is 0.662. The van der Waals surface area contributed by atoms with E-state index in [0.29, 0.717) is 6.04 Å². The predicted molar refractivity (Wildman–Crippen MR) is 111 cm³/mol. The minimum Gasteiger partial charge on any atom is -0.359 e. The molecule has 2 bridgehead atoms. The largest absolute Gasteiger partial charge is 0.359 e. The van der Waals surface area contributed by atoms with Gasteiger partial charge in [0.15, 0.2) is 5.76 Å². The summed E-state index contributed by atoms with van der Waals surface area (Å²) in [7, 11) is 0. The van der Waals surface area contributed by atoms with Crippen molar-refractivity contribution in [3.63, 3.8) is 0 Å². The Morgan fingerprint density at radius 2 is 1.64 bits per heavy atom. The van der Waals surface area contributed by atoms with Crippen LogP contribution in [0.3, 0.4) is 0 Å². The number of benzene rings is 2. The third-order valence-corrected chi connectivity index (χ3v) is 6.14. The topological polar surface area (TPSA) is 32.5 Å². The summed E-state index contributed by atoms with van der Waals surface area (Å²) in [6, 6.07) is 23.9. The molecule has 1 aromatic heterocycles. The van der Waals surface area contributed by atoms with Crippen molar-refractivity contribution >= 4 is 0 Å². The van der Waals surface area contributed by atoms with Gasteiger partial charge >= 0.3 is 0 Å². The highest BCUT2D eigenvalue weighted by Crippen LogP contribution is 2.30. The van der Waals surface area contributed by atoms with Gasteiger partial charge in [0.25, 0.3) is 0 Å². The van der Waals surface area contributed by atoms with E-state index in [1.165, 1.54) is 24.9 Å². The zero-order valence-electron chi connectivity index (χ0n) is 16.2.